The van der Waals surface area contributed by atoms with Crippen LogP contribution in [0.5, 0.6) is 0 Å². The average molecular weight is 542 g/mol. The molecule has 4 rings (SSSR count). The van der Waals surface area contributed by atoms with Crippen molar-refractivity contribution in [2.75, 3.05) is 6.54 Å². The predicted molar refractivity (Wildman–Crippen MR) is 145 cm³/mol. The van der Waals surface area contributed by atoms with Crippen molar-refractivity contribution in [2.24, 2.45) is 23.2 Å². The van der Waals surface area contributed by atoms with Crippen LogP contribution < -0.4 is 10.6 Å². The summed E-state index contributed by atoms with van der Waals surface area (Å²) in [7, 11) is 0. The summed E-state index contributed by atoms with van der Waals surface area (Å²) < 4.78 is 5.41. The minimum atomic E-state index is -0.986. The van der Waals surface area contributed by atoms with E-state index in [-0.39, 0.29) is 30.3 Å². The first-order valence-corrected chi connectivity index (χ1v) is 14.4. The molecule has 1 saturated heterocycles. The Morgan fingerprint density at radius 1 is 0.974 bits per heavy atom. The van der Waals surface area contributed by atoms with E-state index in [4.69, 9.17) is 4.74 Å². The van der Waals surface area contributed by atoms with Crippen molar-refractivity contribution in [2.45, 2.75) is 96.9 Å². The molecule has 1 aromatic carbocycles. The molecule has 39 heavy (non-hydrogen) atoms. The zero-order chi connectivity index (χ0) is 28.2. The van der Waals surface area contributed by atoms with Gasteiger partial charge in [0.15, 0.2) is 0 Å². The number of carboxylic acid groups (broad SMARTS) is 1. The maximum absolute atomic E-state index is 13.9. The largest absolute Gasteiger partial charge is 0.480 e. The summed E-state index contributed by atoms with van der Waals surface area (Å²) in [5, 5.41) is 15.7. The van der Waals surface area contributed by atoms with Crippen LogP contribution in [0.4, 0.5) is 4.79 Å². The van der Waals surface area contributed by atoms with Crippen molar-refractivity contribution >= 4 is 23.9 Å². The van der Waals surface area contributed by atoms with Crippen molar-refractivity contribution in [3.05, 3.63) is 35.9 Å². The average Bonchev–Trinajstić information content (AvgIpc) is 3.50. The first-order valence-electron chi connectivity index (χ1n) is 14.4. The van der Waals surface area contributed by atoms with Crippen molar-refractivity contribution in [1.29, 1.82) is 0 Å². The standard InChI is InChI=1S/C30H43N3O6/c1-30(2,3)25(27(35)33-17-21-15-10-16-22(21)24(33)28(36)37)32-26(34)23(20-13-8-5-9-14-20)31-29(38)39-18-19-11-6-4-7-12-19/h4,6-7,11-12,20-25H,5,8-10,13-18H2,1-3H3,(H,31,38)(H,32,34)(H,36,37)/t21?,22?,23-,24?,25+/m0/s1. The topological polar surface area (TPSA) is 125 Å². The van der Waals surface area contributed by atoms with Gasteiger partial charge in [-0.2, -0.15) is 0 Å². The number of rotatable bonds is 8. The number of benzene rings is 1. The fraction of sp³-hybridized carbons (Fsp3) is 0.667. The van der Waals surface area contributed by atoms with Gasteiger partial charge in [0.25, 0.3) is 0 Å². The van der Waals surface area contributed by atoms with E-state index in [0.29, 0.717) is 6.54 Å². The zero-order valence-corrected chi connectivity index (χ0v) is 23.4. The molecule has 1 aromatic rings. The Morgan fingerprint density at radius 2 is 1.67 bits per heavy atom. The first-order chi connectivity index (χ1) is 18.6. The number of hydrogen-bond acceptors (Lipinski definition) is 5. The number of ether oxygens (including phenoxy) is 1. The van der Waals surface area contributed by atoms with Crippen LogP contribution in [-0.2, 0) is 25.7 Å². The van der Waals surface area contributed by atoms with E-state index in [2.05, 4.69) is 10.6 Å². The molecular weight excluding hydrogens is 498 g/mol. The lowest BCUT2D eigenvalue weighted by molar-refractivity contribution is -0.152. The second-order valence-corrected chi connectivity index (χ2v) is 12.5. The Bertz CT molecular complexity index is 1030. The lowest BCUT2D eigenvalue weighted by atomic mass is 9.82. The number of carbonyl (C=O) groups excluding carboxylic acids is 3. The van der Waals surface area contributed by atoms with Gasteiger partial charge in [-0.25, -0.2) is 9.59 Å². The molecule has 0 radical (unpaired) electrons. The molecule has 9 heteroatoms. The lowest BCUT2D eigenvalue weighted by Gasteiger charge is -2.37. The lowest BCUT2D eigenvalue weighted by Crippen LogP contribution is -2.61. The third kappa shape index (κ3) is 6.92. The summed E-state index contributed by atoms with van der Waals surface area (Å²) in [4.78, 5) is 54.1. The minimum Gasteiger partial charge on any atom is -0.480 e. The number of nitrogens with one attached hydrogen (secondary N) is 2. The van der Waals surface area contributed by atoms with E-state index in [1.165, 1.54) is 4.90 Å². The van der Waals surface area contributed by atoms with Gasteiger partial charge >= 0.3 is 12.1 Å². The molecule has 0 bridgehead atoms. The molecule has 214 valence electrons. The second kappa shape index (κ2) is 12.4. The molecule has 5 atom stereocenters. The molecule has 0 aromatic heterocycles. The monoisotopic (exact) mass is 541 g/mol. The molecule has 3 unspecified atom stereocenters. The molecule has 9 nitrogen and oxygen atoms in total. The van der Waals surface area contributed by atoms with Crippen LogP contribution in [0, 0.1) is 23.2 Å². The molecule has 0 spiro atoms. The number of fused-ring (bicyclic) bond motifs is 1. The van der Waals surface area contributed by atoms with Crippen LogP contribution in [0.25, 0.3) is 0 Å². The molecule has 3 fully saturated rings. The zero-order valence-electron chi connectivity index (χ0n) is 23.4. The van der Waals surface area contributed by atoms with E-state index in [9.17, 15) is 24.3 Å². The summed E-state index contributed by atoms with van der Waals surface area (Å²) in [5.74, 6) is -1.72. The van der Waals surface area contributed by atoms with E-state index >= 15 is 0 Å². The summed E-state index contributed by atoms with van der Waals surface area (Å²) in [6.07, 6.45) is 6.63. The van der Waals surface area contributed by atoms with Crippen molar-refractivity contribution in [3.63, 3.8) is 0 Å². The smallest absolute Gasteiger partial charge is 0.408 e. The molecule has 1 heterocycles. The molecule has 1 aliphatic heterocycles. The molecule has 3 aliphatic rings. The number of carboxylic acids is 1. The number of carbonyl (C=O) groups is 4. The van der Waals surface area contributed by atoms with Crippen molar-refractivity contribution < 1.29 is 29.0 Å². The summed E-state index contributed by atoms with van der Waals surface area (Å²) >= 11 is 0. The van der Waals surface area contributed by atoms with Crippen LogP contribution in [0.15, 0.2) is 30.3 Å². The summed E-state index contributed by atoms with van der Waals surface area (Å²) in [6.45, 7) is 6.07. The molecule has 3 N–H and O–H groups in total. The van der Waals surface area contributed by atoms with Crippen molar-refractivity contribution in [3.8, 4) is 0 Å². The molecular formula is C30H43N3O6. The number of likely N-dealkylation sites (tertiary alicyclic amines) is 1. The predicted octanol–water partition coefficient (Wildman–Crippen LogP) is 4.10. The van der Waals surface area contributed by atoms with Crippen LogP contribution in [-0.4, -0.2) is 58.6 Å². The number of aliphatic carboxylic acids is 1. The van der Waals surface area contributed by atoms with Gasteiger partial charge in [0.05, 0.1) is 0 Å². The molecule has 3 amide bonds. The molecule has 2 saturated carbocycles. The van der Waals surface area contributed by atoms with Gasteiger partial charge in [-0.05, 0) is 54.4 Å². The van der Waals surface area contributed by atoms with Crippen molar-refractivity contribution in [1.82, 2.24) is 15.5 Å². The van der Waals surface area contributed by atoms with Gasteiger partial charge in [0.2, 0.25) is 11.8 Å². The first kappa shape index (κ1) is 28.9. The maximum atomic E-state index is 13.9. The third-order valence-electron chi connectivity index (χ3n) is 8.72. The van der Waals surface area contributed by atoms with Gasteiger partial charge in [-0.3, -0.25) is 9.59 Å². The number of amides is 3. The van der Waals surface area contributed by atoms with Gasteiger partial charge < -0.3 is 25.4 Å². The van der Waals surface area contributed by atoms with Crippen LogP contribution >= 0.6 is 0 Å². The Morgan fingerprint density at radius 3 is 2.31 bits per heavy atom. The normalized spacial score (nSPS) is 24.9. The van der Waals surface area contributed by atoms with E-state index in [1.807, 2.05) is 51.1 Å². The Balaban J connectivity index is 1.49. The number of alkyl carbamates (subject to hydrolysis) is 1. The SMILES string of the molecule is CC(C)(C)[C@H](NC(=O)[C@@H](NC(=O)OCc1ccccc1)C1CCCCC1)C(=O)N1CC2CCCC2C1C(=O)O. The van der Waals surface area contributed by atoms with Gasteiger partial charge in [-0.15, -0.1) is 0 Å². The fourth-order valence-corrected chi connectivity index (χ4v) is 6.65. The number of nitrogens with zero attached hydrogens (tertiary/aromatic N) is 1. The fourth-order valence-electron chi connectivity index (χ4n) is 6.65. The van der Waals surface area contributed by atoms with Gasteiger partial charge in [-0.1, -0.05) is 76.8 Å². The third-order valence-corrected chi connectivity index (χ3v) is 8.72. The van der Waals surface area contributed by atoms with E-state index in [1.54, 1.807) is 0 Å². The Hall–Kier alpha value is -3.10. The molecule has 2 aliphatic carbocycles. The van der Waals surface area contributed by atoms with Gasteiger partial charge in [0, 0.05) is 6.54 Å². The summed E-state index contributed by atoms with van der Waals surface area (Å²) in [5.41, 5.74) is 0.173. The summed E-state index contributed by atoms with van der Waals surface area (Å²) in [6, 6.07) is 6.67. The highest BCUT2D eigenvalue weighted by atomic mass is 16.5. The van der Waals surface area contributed by atoms with Crippen LogP contribution in [0.1, 0.15) is 77.7 Å². The van der Waals surface area contributed by atoms with Gasteiger partial charge in [0.1, 0.15) is 24.7 Å². The van der Waals surface area contributed by atoms with E-state index in [0.717, 1.165) is 56.9 Å². The Labute approximate surface area is 231 Å². The quantitative estimate of drug-likeness (QED) is 0.455. The van der Waals surface area contributed by atoms with Crippen LogP contribution in [0.3, 0.4) is 0 Å². The highest BCUT2D eigenvalue weighted by Gasteiger charge is 2.52. The highest BCUT2D eigenvalue weighted by molar-refractivity contribution is 5.94. The Kier molecular flexibility index (Phi) is 9.18. The highest BCUT2D eigenvalue weighted by Crippen LogP contribution is 2.43. The maximum Gasteiger partial charge on any atom is 0.408 e. The van der Waals surface area contributed by atoms with Crippen LogP contribution in [0.2, 0.25) is 0 Å². The minimum absolute atomic E-state index is 0.0428. The number of hydrogen-bond donors (Lipinski definition) is 3. The second-order valence-electron chi connectivity index (χ2n) is 12.5. The van der Waals surface area contributed by atoms with E-state index < -0.39 is 41.5 Å².